The summed E-state index contributed by atoms with van der Waals surface area (Å²) >= 11 is 0. The van der Waals surface area contributed by atoms with Crippen LogP contribution in [-0.4, -0.2) is 15.7 Å². The molecule has 0 bridgehead atoms. The molecule has 1 amide bonds. The van der Waals surface area contributed by atoms with Crippen molar-refractivity contribution in [1.29, 1.82) is 0 Å². The molecule has 0 saturated heterocycles. The van der Waals surface area contributed by atoms with Crippen molar-refractivity contribution >= 4 is 11.7 Å². The zero-order valence-corrected chi connectivity index (χ0v) is 12.4. The number of amides is 1. The van der Waals surface area contributed by atoms with Crippen molar-refractivity contribution in [1.82, 2.24) is 9.78 Å². The Morgan fingerprint density at radius 1 is 1.29 bits per heavy atom. The smallest absolute Gasteiger partial charge is 0.270 e. The summed E-state index contributed by atoms with van der Waals surface area (Å²) in [6.07, 6.45) is 0.307. The second-order valence-electron chi connectivity index (χ2n) is 5.89. The molecule has 0 aliphatic carbocycles. The van der Waals surface area contributed by atoms with E-state index >= 15 is 0 Å². The van der Waals surface area contributed by atoms with Gasteiger partial charge in [0, 0.05) is 18.4 Å². The predicted octanol–water partition coefficient (Wildman–Crippen LogP) is 2.54. The van der Waals surface area contributed by atoms with Crippen LogP contribution in [0.4, 0.5) is 5.82 Å². The number of carbonyl (C=O) groups excluding carboxylic acids is 1. The van der Waals surface area contributed by atoms with Crippen LogP contribution < -0.4 is 10.9 Å². The number of hydrogen-bond donors (Lipinski definition) is 2. The first-order valence-corrected chi connectivity index (χ1v) is 7.18. The van der Waals surface area contributed by atoms with Gasteiger partial charge in [-0.2, -0.15) is 0 Å². The lowest BCUT2D eigenvalue weighted by atomic mass is 9.86. The van der Waals surface area contributed by atoms with Crippen LogP contribution in [0.2, 0.25) is 0 Å². The van der Waals surface area contributed by atoms with Gasteiger partial charge in [0.15, 0.2) is 0 Å². The third-order valence-corrected chi connectivity index (χ3v) is 3.92. The highest BCUT2D eigenvalue weighted by Crippen LogP contribution is 2.35. The predicted molar refractivity (Wildman–Crippen MR) is 81.7 cm³/mol. The number of nitrogens with one attached hydrogen (secondary N) is 2. The highest BCUT2D eigenvalue weighted by atomic mass is 16.2. The molecule has 1 aliphatic rings. The summed E-state index contributed by atoms with van der Waals surface area (Å²) in [5.74, 6) is 0.373. The van der Waals surface area contributed by atoms with Gasteiger partial charge in [0.05, 0.1) is 5.56 Å². The molecule has 5 nitrogen and oxygen atoms in total. The van der Waals surface area contributed by atoms with E-state index in [0.717, 1.165) is 11.1 Å². The molecule has 0 fully saturated rings. The highest BCUT2D eigenvalue weighted by Gasteiger charge is 2.32. The maximum Gasteiger partial charge on any atom is 0.270 e. The Morgan fingerprint density at radius 3 is 2.71 bits per heavy atom. The van der Waals surface area contributed by atoms with Gasteiger partial charge in [0.2, 0.25) is 5.91 Å². The van der Waals surface area contributed by atoms with Gasteiger partial charge < -0.3 is 5.32 Å². The van der Waals surface area contributed by atoms with Gasteiger partial charge in [0.1, 0.15) is 5.82 Å². The summed E-state index contributed by atoms with van der Waals surface area (Å²) in [4.78, 5) is 24.4. The normalized spacial score (nSPS) is 17.7. The molecule has 110 valence electrons. The number of aryl methyl sites for hydroxylation is 1. The molecule has 1 aliphatic heterocycles. The molecule has 0 radical (unpaired) electrons. The molecule has 1 aromatic heterocycles. The highest BCUT2D eigenvalue weighted by molar-refractivity contribution is 5.94. The first-order valence-electron chi connectivity index (χ1n) is 7.18. The lowest BCUT2D eigenvalue weighted by Crippen LogP contribution is -2.27. The number of nitrogens with zero attached hydrogens (tertiary/aromatic N) is 1. The topological polar surface area (TPSA) is 66.9 Å². The Kier molecular flexibility index (Phi) is 3.20. The van der Waals surface area contributed by atoms with Crippen molar-refractivity contribution in [2.75, 3.05) is 5.32 Å². The zero-order chi connectivity index (χ0) is 15.1. The first kappa shape index (κ1) is 13.7. The molecule has 21 heavy (non-hydrogen) atoms. The Bertz CT molecular complexity index is 755. The van der Waals surface area contributed by atoms with E-state index in [1.165, 1.54) is 0 Å². The van der Waals surface area contributed by atoms with E-state index in [1.54, 1.807) is 4.68 Å². The fourth-order valence-electron chi connectivity index (χ4n) is 2.94. The van der Waals surface area contributed by atoms with E-state index in [1.807, 2.05) is 45.0 Å². The monoisotopic (exact) mass is 285 g/mol. The summed E-state index contributed by atoms with van der Waals surface area (Å²) in [7, 11) is 0. The standard InChI is InChI=1S/C16H19N3O2/c1-9(2)19-15-14(16(21)18-19)12(8-13(20)17-15)11-6-4-5-10(3)7-11/h4-7,9,12H,8H2,1-3H3,(H,17,20)(H,18,21). The van der Waals surface area contributed by atoms with Gasteiger partial charge >= 0.3 is 0 Å². The van der Waals surface area contributed by atoms with E-state index in [0.29, 0.717) is 17.8 Å². The number of hydrogen-bond acceptors (Lipinski definition) is 2. The van der Waals surface area contributed by atoms with Crippen LogP contribution in [-0.2, 0) is 4.79 Å². The molecule has 0 saturated carbocycles. The molecule has 2 aromatic rings. The van der Waals surface area contributed by atoms with Gasteiger partial charge in [-0.05, 0) is 26.3 Å². The Hall–Kier alpha value is -2.30. The molecule has 3 rings (SSSR count). The average molecular weight is 285 g/mol. The van der Waals surface area contributed by atoms with Gasteiger partial charge in [-0.1, -0.05) is 29.8 Å². The fraction of sp³-hybridized carbons (Fsp3) is 0.375. The summed E-state index contributed by atoms with van der Waals surface area (Å²) < 4.78 is 1.73. The lowest BCUT2D eigenvalue weighted by Gasteiger charge is -2.24. The van der Waals surface area contributed by atoms with E-state index in [2.05, 4.69) is 10.4 Å². The number of carbonyl (C=O) groups is 1. The molecule has 5 heteroatoms. The van der Waals surface area contributed by atoms with Crippen LogP contribution in [0, 0.1) is 6.92 Å². The second kappa shape index (κ2) is 4.91. The quantitative estimate of drug-likeness (QED) is 0.890. The summed E-state index contributed by atoms with van der Waals surface area (Å²) in [6.45, 7) is 5.95. The number of fused-ring (bicyclic) bond motifs is 1. The van der Waals surface area contributed by atoms with Crippen molar-refractivity contribution in [3.05, 3.63) is 51.3 Å². The number of aromatic nitrogens is 2. The van der Waals surface area contributed by atoms with Gasteiger partial charge in [-0.15, -0.1) is 0 Å². The molecule has 1 atom stereocenters. The molecule has 2 N–H and O–H groups in total. The molecule has 1 aromatic carbocycles. The van der Waals surface area contributed by atoms with Crippen molar-refractivity contribution in [2.24, 2.45) is 0 Å². The Labute approximate surface area is 123 Å². The Morgan fingerprint density at radius 2 is 2.05 bits per heavy atom. The average Bonchev–Trinajstić information content (AvgIpc) is 2.75. The van der Waals surface area contributed by atoms with E-state index in [4.69, 9.17) is 0 Å². The maximum absolute atomic E-state index is 12.3. The minimum Gasteiger partial charge on any atom is -0.311 e. The van der Waals surface area contributed by atoms with Gasteiger partial charge in [0.25, 0.3) is 5.56 Å². The minimum absolute atomic E-state index is 0.0533. The van der Waals surface area contributed by atoms with E-state index < -0.39 is 0 Å². The van der Waals surface area contributed by atoms with Crippen molar-refractivity contribution in [3.8, 4) is 0 Å². The summed E-state index contributed by atoms with van der Waals surface area (Å²) in [5, 5.41) is 5.67. The number of benzene rings is 1. The fourth-order valence-corrected chi connectivity index (χ4v) is 2.94. The van der Waals surface area contributed by atoms with Crippen molar-refractivity contribution in [2.45, 2.75) is 39.2 Å². The van der Waals surface area contributed by atoms with Crippen LogP contribution in [0.1, 0.15) is 48.9 Å². The Balaban J connectivity index is 2.18. The van der Waals surface area contributed by atoms with Crippen molar-refractivity contribution in [3.63, 3.8) is 0 Å². The summed E-state index contributed by atoms with van der Waals surface area (Å²) in [6, 6.07) is 8.07. The first-order chi connectivity index (χ1) is 9.97. The third kappa shape index (κ3) is 2.28. The van der Waals surface area contributed by atoms with Crippen LogP contribution in [0.3, 0.4) is 0 Å². The largest absolute Gasteiger partial charge is 0.311 e. The number of anilines is 1. The lowest BCUT2D eigenvalue weighted by molar-refractivity contribution is -0.116. The van der Waals surface area contributed by atoms with E-state index in [-0.39, 0.29) is 23.4 Å². The molecular formula is C16H19N3O2. The molecular weight excluding hydrogens is 266 g/mol. The molecule has 0 spiro atoms. The van der Waals surface area contributed by atoms with Crippen LogP contribution in [0.25, 0.3) is 0 Å². The third-order valence-electron chi connectivity index (χ3n) is 3.92. The zero-order valence-electron chi connectivity index (χ0n) is 12.4. The van der Waals surface area contributed by atoms with Gasteiger partial charge in [-0.3, -0.25) is 19.4 Å². The van der Waals surface area contributed by atoms with Gasteiger partial charge in [-0.25, -0.2) is 0 Å². The molecule has 1 unspecified atom stereocenters. The maximum atomic E-state index is 12.3. The van der Waals surface area contributed by atoms with Crippen molar-refractivity contribution < 1.29 is 4.79 Å². The summed E-state index contributed by atoms with van der Waals surface area (Å²) in [5.41, 5.74) is 2.68. The number of H-pyrrole nitrogens is 1. The van der Waals surface area contributed by atoms with E-state index in [9.17, 15) is 9.59 Å². The SMILES string of the molecule is Cc1cccc(C2CC(=O)Nc3c2c(=O)[nH]n3C(C)C)c1. The van der Waals surface area contributed by atoms with Crippen LogP contribution in [0.5, 0.6) is 0 Å². The number of aromatic amines is 1. The van der Waals surface area contributed by atoms with Crippen LogP contribution in [0.15, 0.2) is 29.1 Å². The minimum atomic E-state index is -0.183. The number of rotatable bonds is 2. The molecule has 2 heterocycles. The second-order valence-corrected chi connectivity index (χ2v) is 5.89. The van der Waals surface area contributed by atoms with Crippen LogP contribution >= 0.6 is 0 Å².